The molecule has 1 heterocycles. The molecule has 1 atom stereocenters. The van der Waals surface area contributed by atoms with E-state index in [-0.39, 0.29) is 5.60 Å². The monoisotopic (exact) mass is 326 g/mol. The number of hydrogen-bond acceptors (Lipinski definition) is 1. The fourth-order valence-corrected chi connectivity index (χ4v) is 3.56. The molecule has 0 saturated carbocycles. The Morgan fingerprint density at radius 1 is 0.800 bits per heavy atom. The van der Waals surface area contributed by atoms with Crippen LogP contribution in [0, 0.1) is 0 Å². The second kappa shape index (κ2) is 6.98. The smallest absolute Gasteiger partial charge is 0.138 e. The maximum absolute atomic E-state index is 6.59. The lowest BCUT2D eigenvalue weighted by molar-refractivity contribution is 0.0458. The zero-order chi connectivity index (χ0) is 17.0. The molecule has 0 radical (unpaired) electrons. The van der Waals surface area contributed by atoms with E-state index < -0.39 is 0 Å². The summed E-state index contributed by atoms with van der Waals surface area (Å²) in [6, 6.07) is 29.5. The van der Waals surface area contributed by atoms with Gasteiger partial charge >= 0.3 is 0 Å². The van der Waals surface area contributed by atoms with Crippen LogP contribution < -0.4 is 4.74 Å². The van der Waals surface area contributed by atoms with Crippen LogP contribution in [-0.2, 0) is 12.0 Å². The highest BCUT2D eigenvalue weighted by Crippen LogP contribution is 2.42. The van der Waals surface area contributed by atoms with E-state index in [2.05, 4.69) is 91.0 Å². The number of aryl methyl sites for hydroxylation is 1. The molecule has 3 aromatic carbocycles. The summed E-state index contributed by atoms with van der Waals surface area (Å²) in [5.74, 6) is 1.02. The average molecular weight is 326 g/mol. The van der Waals surface area contributed by atoms with Crippen LogP contribution in [0.1, 0.15) is 29.5 Å². The highest BCUT2D eigenvalue weighted by Gasteiger charge is 2.36. The molecule has 1 aliphatic heterocycles. The van der Waals surface area contributed by atoms with E-state index in [4.69, 9.17) is 4.74 Å². The molecule has 25 heavy (non-hydrogen) atoms. The number of fused-ring (bicyclic) bond motifs is 1. The van der Waals surface area contributed by atoms with Crippen molar-refractivity contribution >= 4 is 6.08 Å². The van der Waals surface area contributed by atoms with Gasteiger partial charge in [-0.25, -0.2) is 0 Å². The lowest BCUT2D eigenvalue weighted by Gasteiger charge is -2.38. The first-order valence-corrected chi connectivity index (χ1v) is 8.90. The van der Waals surface area contributed by atoms with Gasteiger partial charge in [0.15, 0.2) is 0 Å². The highest BCUT2D eigenvalue weighted by molar-refractivity contribution is 5.49. The third-order valence-corrected chi connectivity index (χ3v) is 4.93. The number of para-hydroxylation sites is 1. The lowest BCUT2D eigenvalue weighted by atomic mass is 9.82. The van der Waals surface area contributed by atoms with E-state index in [9.17, 15) is 0 Å². The van der Waals surface area contributed by atoms with Crippen LogP contribution in [0.3, 0.4) is 0 Å². The van der Waals surface area contributed by atoms with Crippen LogP contribution in [0.15, 0.2) is 91.0 Å². The van der Waals surface area contributed by atoms with Crippen molar-refractivity contribution in [2.75, 3.05) is 0 Å². The van der Waals surface area contributed by atoms with E-state index in [1.165, 1.54) is 16.7 Å². The topological polar surface area (TPSA) is 9.23 Å². The van der Waals surface area contributed by atoms with Crippen molar-refractivity contribution in [1.29, 1.82) is 0 Å². The SMILES string of the molecule is C(=Cc1ccccc1)CC1(c2ccccc2)CCc2ccccc2O1. The molecular weight excluding hydrogens is 304 g/mol. The molecule has 0 saturated heterocycles. The Balaban J connectivity index is 1.65. The predicted octanol–water partition coefficient (Wildman–Crippen LogP) is 6.01. The van der Waals surface area contributed by atoms with Gasteiger partial charge in [0.2, 0.25) is 0 Å². The number of ether oxygens (including phenoxy) is 1. The molecule has 0 aliphatic carbocycles. The van der Waals surface area contributed by atoms with Crippen LogP contribution in [0.4, 0.5) is 0 Å². The predicted molar refractivity (Wildman–Crippen MR) is 104 cm³/mol. The van der Waals surface area contributed by atoms with Crippen molar-refractivity contribution in [1.82, 2.24) is 0 Å². The molecular formula is C24H22O. The first kappa shape index (κ1) is 15.7. The first-order chi connectivity index (χ1) is 12.4. The van der Waals surface area contributed by atoms with Gasteiger partial charge < -0.3 is 4.74 Å². The maximum Gasteiger partial charge on any atom is 0.138 e. The molecule has 4 rings (SSSR count). The minimum absolute atomic E-state index is 0.291. The van der Waals surface area contributed by atoms with Gasteiger partial charge in [0.1, 0.15) is 11.4 Å². The second-order valence-corrected chi connectivity index (χ2v) is 6.59. The van der Waals surface area contributed by atoms with Crippen molar-refractivity contribution in [2.45, 2.75) is 24.9 Å². The van der Waals surface area contributed by atoms with Crippen LogP contribution in [0.25, 0.3) is 6.08 Å². The van der Waals surface area contributed by atoms with E-state index in [0.717, 1.165) is 25.0 Å². The third kappa shape index (κ3) is 3.36. The Labute approximate surface area is 149 Å². The Hall–Kier alpha value is -2.80. The molecule has 0 bridgehead atoms. The first-order valence-electron chi connectivity index (χ1n) is 8.90. The van der Waals surface area contributed by atoms with Gasteiger partial charge in [-0.15, -0.1) is 0 Å². The summed E-state index contributed by atoms with van der Waals surface area (Å²) < 4.78 is 6.59. The van der Waals surface area contributed by atoms with E-state index in [1.54, 1.807) is 0 Å². The molecule has 0 fully saturated rings. The van der Waals surface area contributed by atoms with Gasteiger partial charge in [-0.1, -0.05) is 91.0 Å². The van der Waals surface area contributed by atoms with Crippen LogP contribution >= 0.6 is 0 Å². The largest absolute Gasteiger partial charge is 0.482 e. The van der Waals surface area contributed by atoms with Gasteiger partial charge in [0.25, 0.3) is 0 Å². The number of hydrogen-bond donors (Lipinski definition) is 0. The quantitative estimate of drug-likeness (QED) is 0.570. The average Bonchev–Trinajstić information content (AvgIpc) is 2.69. The van der Waals surface area contributed by atoms with Gasteiger partial charge in [0, 0.05) is 6.42 Å². The van der Waals surface area contributed by atoms with Gasteiger partial charge in [-0.2, -0.15) is 0 Å². The molecule has 0 aromatic heterocycles. The molecule has 0 spiro atoms. The van der Waals surface area contributed by atoms with Crippen molar-refractivity contribution < 1.29 is 4.74 Å². The van der Waals surface area contributed by atoms with Crippen LogP contribution in [0.2, 0.25) is 0 Å². The van der Waals surface area contributed by atoms with E-state index in [1.807, 2.05) is 6.07 Å². The summed E-state index contributed by atoms with van der Waals surface area (Å²) in [6.07, 6.45) is 7.34. The van der Waals surface area contributed by atoms with Crippen molar-refractivity contribution in [3.8, 4) is 5.75 Å². The Bertz CT molecular complexity index is 852. The van der Waals surface area contributed by atoms with E-state index in [0.29, 0.717) is 0 Å². The lowest BCUT2D eigenvalue weighted by Crippen LogP contribution is -2.36. The Morgan fingerprint density at radius 2 is 1.48 bits per heavy atom. The van der Waals surface area contributed by atoms with Gasteiger partial charge in [0.05, 0.1) is 0 Å². The summed E-state index contributed by atoms with van der Waals surface area (Å²) in [5.41, 5.74) is 3.49. The second-order valence-electron chi connectivity index (χ2n) is 6.59. The van der Waals surface area contributed by atoms with Crippen molar-refractivity contribution in [2.24, 2.45) is 0 Å². The summed E-state index contributed by atoms with van der Waals surface area (Å²) in [4.78, 5) is 0. The molecule has 1 heteroatoms. The maximum atomic E-state index is 6.59. The number of rotatable bonds is 4. The summed E-state index contributed by atoms with van der Waals surface area (Å²) >= 11 is 0. The molecule has 124 valence electrons. The fourth-order valence-electron chi connectivity index (χ4n) is 3.56. The number of benzene rings is 3. The summed E-state index contributed by atoms with van der Waals surface area (Å²) in [5, 5.41) is 0. The summed E-state index contributed by atoms with van der Waals surface area (Å²) in [6.45, 7) is 0. The van der Waals surface area contributed by atoms with Crippen molar-refractivity contribution in [3.63, 3.8) is 0 Å². The van der Waals surface area contributed by atoms with Crippen molar-refractivity contribution in [3.05, 3.63) is 108 Å². The minimum Gasteiger partial charge on any atom is -0.482 e. The molecule has 1 aliphatic rings. The minimum atomic E-state index is -0.291. The van der Waals surface area contributed by atoms with Crippen LogP contribution in [-0.4, -0.2) is 0 Å². The molecule has 0 amide bonds. The van der Waals surface area contributed by atoms with Crippen LogP contribution in [0.5, 0.6) is 5.75 Å². The normalized spacial score (nSPS) is 19.4. The fraction of sp³-hybridized carbons (Fsp3) is 0.167. The molecule has 0 N–H and O–H groups in total. The van der Waals surface area contributed by atoms with Gasteiger partial charge in [-0.3, -0.25) is 0 Å². The zero-order valence-corrected chi connectivity index (χ0v) is 14.3. The summed E-state index contributed by atoms with van der Waals surface area (Å²) in [7, 11) is 0. The standard InChI is InChI=1S/C24H22O/c1-3-10-20(11-4-1)12-9-18-24(22-14-5-2-6-15-22)19-17-21-13-7-8-16-23(21)25-24/h1-16H,17-19H2. The highest BCUT2D eigenvalue weighted by atomic mass is 16.5. The Morgan fingerprint density at radius 3 is 2.28 bits per heavy atom. The molecule has 3 aromatic rings. The molecule has 1 nitrogen and oxygen atoms in total. The zero-order valence-electron chi connectivity index (χ0n) is 14.3. The van der Waals surface area contributed by atoms with E-state index >= 15 is 0 Å². The Kier molecular flexibility index (Phi) is 4.39. The molecule has 1 unspecified atom stereocenters. The van der Waals surface area contributed by atoms with Gasteiger partial charge in [-0.05, 0) is 35.6 Å². The third-order valence-electron chi connectivity index (χ3n) is 4.93.